The molecule has 0 aliphatic heterocycles. The highest BCUT2D eigenvalue weighted by Crippen LogP contribution is 2.26. The van der Waals surface area contributed by atoms with Crippen LogP contribution >= 0.6 is 11.8 Å². The molecule has 1 nitrogen and oxygen atoms in total. The fraction of sp³-hybridized carbons (Fsp3) is 1.00. The highest BCUT2D eigenvalue weighted by atomic mass is 32.2. The lowest BCUT2D eigenvalue weighted by Crippen LogP contribution is -2.38. The molecule has 2 heteroatoms. The minimum absolute atomic E-state index is 0.765. The van der Waals surface area contributed by atoms with Gasteiger partial charge in [-0.1, -0.05) is 71.6 Å². The number of rotatable bonds is 6. The fourth-order valence-corrected chi connectivity index (χ4v) is 4.79. The molecule has 2 atom stereocenters. The van der Waals surface area contributed by atoms with Gasteiger partial charge in [-0.3, -0.25) is 0 Å². The van der Waals surface area contributed by atoms with Gasteiger partial charge in [0.1, 0.15) is 0 Å². The molecule has 0 amide bonds. The Morgan fingerprint density at radius 2 is 1.45 bits per heavy atom. The summed E-state index contributed by atoms with van der Waals surface area (Å²) in [7, 11) is 0. The maximum absolute atomic E-state index is 3.79. The lowest BCUT2D eigenvalue weighted by molar-refractivity contribution is 0.420. The third kappa shape index (κ3) is 8.56. The van der Waals surface area contributed by atoms with E-state index in [1.807, 2.05) is 0 Å². The van der Waals surface area contributed by atoms with E-state index in [0.29, 0.717) is 0 Å². The molecule has 120 valence electrons. The normalized spacial score (nSPS) is 26.7. The first kappa shape index (κ1) is 18.4. The number of hydrogen-bond donors (Lipinski definition) is 1. The van der Waals surface area contributed by atoms with Gasteiger partial charge < -0.3 is 5.32 Å². The molecule has 2 unspecified atom stereocenters. The Kier molecular flexibility index (Phi) is 11.9. The van der Waals surface area contributed by atoms with Crippen molar-refractivity contribution in [2.24, 2.45) is 0 Å². The van der Waals surface area contributed by atoms with Gasteiger partial charge in [-0.25, -0.2) is 0 Å². The van der Waals surface area contributed by atoms with E-state index in [4.69, 9.17) is 0 Å². The molecule has 0 aromatic rings. The van der Waals surface area contributed by atoms with Crippen molar-refractivity contribution < 1.29 is 0 Å². The summed E-state index contributed by atoms with van der Waals surface area (Å²) in [6, 6.07) is 0.765. The molecule has 0 aromatic carbocycles. The van der Waals surface area contributed by atoms with Crippen molar-refractivity contribution in [3.8, 4) is 0 Å². The van der Waals surface area contributed by atoms with E-state index >= 15 is 0 Å². The maximum atomic E-state index is 3.79. The van der Waals surface area contributed by atoms with Crippen LogP contribution in [-0.2, 0) is 0 Å². The van der Waals surface area contributed by atoms with Crippen molar-refractivity contribution in [2.75, 3.05) is 12.3 Å². The second kappa shape index (κ2) is 13.0. The first-order valence-corrected chi connectivity index (χ1v) is 10.3. The summed E-state index contributed by atoms with van der Waals surface area (Å²) >= 11 is 2.26. The van der Waals surface area contributed by atoms with Gasteiger partial charge >= 0.3 is 0 Å². The van der Waals surface area contributed by atoms with E-state index in [-0.39, 0.29) is 0 Å². The lowest BCUT2D eigenvalue weighted by atomic mass is 9.97. The van der Waals surface area contributed by atoms with E-state index in [1.165, 1.54) is 82.8 Å². The Balaban J connectivity index is 2.47. The third-order valence-corrected chi connectivity index (χ3v) is 6.02. The minimum atomic E-state index is 0.765. The van der Waals surface area contributed by atoms with Crippen molar-refractivity contribution in [3.05, 3.63) is 0 Å². The van der Waals surface area contributed by atoms with Crippen molar-refractivity contribution in [1.82, 2.24) is 5.32 Å². The van der Waals surface area contributed by atoms with E-state index in [9.17, 15) is 0 Å². The van der Waals surface area contributed by atoms with Gasteiger partial charge in [0.15, 0.2) is 0 Å². The summed E-state index contributed by atoms with van der Waals surface area (Å²) in [5.41, 5.74) is 0. The highest BCUT2D eigenvalue weighted by Gasteiger charge is 2.20. The van der Waals surface area contributed by atoms with Gasteiger partial charge in [0, 0.05) is 11.3 Å². The van der Waals surface area contributed by atoms with Crippen LogP contribution in [0.25, 0.3) is 0 Å². The monoisotopic (exact) mass is 299 g/mol. The zero-order valence-corrected chi connectivity index (χ0v) is 14.8. The van der Waals surface area contributed by atoms with Crippen molar-refractivity contribution in [3.63, 3.8) is 0 Å². The van der Waals surface area contributed by atoms with Crippen LogP contribution in [0.2, 0.25) is 0 Å². The maximum Gasteiger partial charge on any atom is 0.0201 e. The van der Waals surface area contributed by atoms with Crippen molar-refractivity contribution in [1.29, 1.82) is 0 Å². The molecule has 1 fully saturated rings. The minimum Gasteiger partial charge on any atom is -0.313 e. The molecule has 0 saturated heterocycles. The molecule has 0 heterocycles. The van der Waals surface area contributed by atoms with Crippen LogP contribution in [-0.4, -0.2) is 23.6 Å². The van der Waals surface area contributed by atoms with E-state index < -0.39 is 0 Å². The van der Waals surface area contributed by atoms with Crippen LogP contribution in [0.3, 0.4) is 0 Å². The second-order valence-electron chi connectivity index (χ2n) is 6.33. The van der Waals surface area contributed by atoms with E-state index in [1.54, 1.807) is 0 Å². The molecule has 0 spiro atoms. The highest BCUT2D eigenvalue weighted by molar-refractivity contribution is 7.99. The molecule has 1 N–H and O–H groups in total. The van der Waals surface area contributed by atoms with Gasteiger partial charge in [-0.2, -0.15) is 11.8 Å². The molecule has 0 bridgehead atoms. The van der Waals surface area contributed by atoms with Gasteiger partial charge in [0.25, 0.3) is 0 Å². The van der Waals surface area contributed by atoms with E-state index in [2.05, 4.69) is 30.9 Å². The Labute approximate surface area is 132 Å². The van der Waals surface area contributed by atoms with Gasteiger partial charge in [-0.05, 0) is 31.6 Å². The smallest absolute Gasteiger partial charge is 0.0201 e. The van der Waals surface area contributed by atoms with Crippen molar-refractivity contribution in [2.45, 2.75) is 102 Å². The zero-order chi connectivity index (χ0) is 14.5. The van der Waals surface area contributed by atoms with Gasteiger partial charge in [-0.15, -0.1) is 0 Å². The quantitative estimate of drug-likeness (QED) is 0.624. The topological polar surface area (TPSA) is 12.0 Å². The summed E-state index contributed by atoms with van der Waals surface area (Å²) in [5, 5.41) is 4.65. The summed E-state index contributed by atoms with van der Waals surface area (Å²) in [6.07, 6.45) is 17.2. The lowest BCUT2D eigenvalue weighted by Gasteiger charge is -2.28. The van der Waals surface area contributed by atoms with Crippen LogP contribution < -0.4 is 5.32 Å². The molecule has 0 aromatic heterocycles. The summed E-state index contributed by atoms with van der Waals surface area (Å²) in [6.45, 7) is 5.71. The number of thioether (sulfide) groups is 1. The molecular weight excluding hydrogens is 262 g/mol. The van der Waals surface area contributed by atoms with Gasteiger partial charge in [0.2, 0.25) is 0 Å². The Hall–Kier alpha value is 0.310. The van der Waals surface area contributed by atoms with Crippen LogP contribution in [0, 0.1) is 0 Å². The summed E-state index contributed by atoms with van der Waals surface area (Å²) in [5.74, 6) is 1.36. The summed E-state index contributed by atoms with van der Waals surface area (Å²) in [4.78, 5) is 0. The van der Waals surface area contributed by atoms with Crippen LogP contribution in [0.5, 0.6) is 0 Å². The Bertz CT molecular complexity index is 208. The molecule has 1 saturated carbocycles. The fourth-order valence-electron chi connectivity index (χ4n) is 3.23. The molecule has 1 aliphatic rings. The third-order valence-electron chi connectivity index (χ3n) is 4.50. The Morgan fingerprint density at radius 3 is 2.05 bits per heavy atom. The van der Waals surface area contributed by atoms with Crippen LogP contribution in [0.4, 0.5) is 0 Å². The SMILES string of the molecule is CCCCSC1CCCCCCCCCCC1NCC. The molecule has 20 heavy (non-hydrogen) atoms. The molecule has 0 radical (unpaired) electrons. The predicted octanol–water partition coefficient (Wildman–Crippen LogP) is 5.78. The predicted molar refractivity (Wildman–Crippen MR) is 94.8 cm³/mol. The number of nitrogens with one attached hydrogen (secondary N) is 1. The Morgan fingerprint density at radius 1 is 0.850 bits per heavy atom. The first-order chi connectivity index (χ1) is 9.88. The van der Waals surface area contributed by atoms with Crippen molar-refractivity contribution >= 4 is 11.8 Å². The average molecular weight is 300 g/mol. The zero-order valence-electron chi connectivity index (χ0n) is 14.0. The standard InChI is InChI=1S/C18H37NS/c1-3-5-16-20-18-15-13-11-9-7-6-8-10-12-14-17(18)19-4-2/h17-19H,3-16H2,1-2H3. The number of hydrogen-bond acceptors (Lipinski definition) is 2. The number of unbranched alkanes of at least 4 members (excludes halogenated alkanes) is 1. The largest absolute Gasteiger partial charge is 0.313 e. The van der Waals surface area contributed by atoms with Crippen LogP contribution in [0.1, 0.15) is 90.9 Å². The van der Waals surface area contributed by atoms with Crippen LogP contribution in [0.15, 0.2) is 0 Å². The van der Waals surface area contributed by atoms with E-state index in [0.717, 1.165) is 17.8 Å². The average Bonchev–Trinajstić information content (AvgIpc) is 2.44. The first-order valence-electron chi connectivity index (χ1n) is 9.23. The summed E-state index contributed by atoms with van der Waals surface area (Å²) < 4.78 is 0. The molecule has 1 rings (SSSR count). The van der Waals surface area contributed by atoms with Gasteiger partial charge in [0.05, 0.1) is 0 Å². The molecule has 1 aliphatic carbocycles. The molecular formula is C18H37NS. The second-order valence-corrected chi connectivity index (χ2v) is 7.68.